The molecule has 0 aliphatic carbocycles. The minimum Gasteiger partial charge on any atom is -0.461 e. The lowest BCUT2D eigenvalue weighted by Gasteiger charge is -2.27. The zero-order valence-electron chi connectivity index (χ0n) is 16.8. The summed E-state index contributed by atoms with van der Waals surface area (Å²) in [5.41, 5.74) is 2.54. The van der Waals surface area contributed by atoms with E-state index in [2.05, 4.69) is 25.6 Å². The number of piperidine rings is 1. The van der Waals surface area contributed by atoms with Gasteiger partial charge < -0.3 is 19.2 Å². The summed E-state index contributed by atoms with van der Waals surface area (Å²) in [6, 6.07) is 16.5. The Balaban J connectivity index is 1.24. The van der Waals surface area contributed by atoms with Crippen molar-refractivity contribution in [1.82, 2.24) is 15.4 Å². The second-order valence-corrected chi connectivity index (χ2v) is 7.41. The molecule has 5 rings (SSSR count). The lowest BCUT2D eigenvalue weighted by molar-refractivity contribution is 0.101. The van der Waals surface area contributed by atoms with E-state index in [0.717, 1.165) is 30.2 Å². The Morgan fingerprint density at radius 1 is 0.935 bits per heavy atom. The molecule has 0 atom stereocenters. The van der Waals surface area contributed by atoms with Crippen LogP contribution < -0.4 is 10.2 Å². The van der Waals surface area contributed by atoms with E-state index in [4.69, 9.17) is 8.94 Å². The normalized spacial score (nSPS) is 13.9. The van der Waals surface area contributed by atoms with Crippen LogP contribution in [0.5, 0.6) is 0 Å². The number of carbonyl (C=O) groups is 1. The zero-order valence-corrected chi connectivity index (χ0v) is 16.8. The number of benzene rings is 1. The maximum atomic E-state index is 12.4. The van der Waals surface area contributed by atoms with Gasteiger partial charge >= 0.3 is 0 Å². The highest BCUT2D eigenvalue weighted by Crippen LogP contribution is 2.24. The van der Waals surface area contributed by atoms with Crippen LogP contribution in [0.15, 0.2) is 69.8 Å². The number of nitrogens with zero attached hydrogens (tertiary/aromatic N) is 4. The van der Waals surface area contributed by atoms with E-state index in [9.17, 15) is 4.79 Å². The van der Waals surface area contributed by atoms with Crippen molar-refractivity contribution in [3.05, 3.63) is 66.6 Å². The Hall–Kier alpha value is -3.94. The molecule has 31 heavy (non-hydrogen) atoms. The molecule has 3 aromatic heterocycles. The van der Waals surface area contributed by atoms with E-state index in [-0.39, 0.29) is 11.6 Å². The average Bonchev–Trinajstić information content (AvgIpc) is 3.53. The van der Waals surface area contributed by atoms with Crippen LogP contribution in [0.4, 0.5) is 11.5 Å². The van der Waals surface area contributed by atoms with Crippen LogP contribution in [0.3, 0.4) is 0 Å². The topological polar surface area (TPSA) is 97.3 Å². The first-order valence-corrected chi connectivity index (χ1v) is 10.3. The molecule has 8 nitrogen and oxygen atoms in total. The fraction of sp³-hybridized carbons (Fsp3) is 0.217. The molecule has 156 valence electrons. The molecule has 0 radical (unpaired) electrons. The zero-order chi connectivity index (χ0) is 21.0. The molecule has 1 N–H and O–H groups in total. The van der Waals surface area contributed by atoms with Gasteiger partial charge in [0.15, 0.2) is 17.3 Å². The van der Waals surface area contributed by atoms with Gasteiger partial charge in [0, 0.05) is 30.4 Å². The summed E-state index contributed by atoms with van der Waals surface area (Å²) in [5.74, 6) is 1.48. The van der Waals surface area contributed by atoms with Crippen molar-refractivity contribution in [3.63, 3.8) is 0 Å². The number of carbonyl (C=O) groups excluding carboxylic acids is 1. The highest BCUT2D eigenvalue weighted by molar-refractivity contribution is 6.03. The van der Waals surface area contributed by atoms with E-state index in [1.165, 1.54) is 25.5 Å². The summed E-state index contributed by atoms with van der Waals surface area (Å²) in [4.78, 5) is 14.7. The molecule has 1 fully saturated rings. The third-order valence-electron chi connectivity index (χ3n) is 5.28. The second-order valence-electron chi connectivity index (χ2n) is 7.41. The summed E-state index contributed by atoms with van der Waals surface area (Å²) in [5, 5.41) is 15.4. The third kappa shape index (κ3) is 4.18. The van der Waals surface area contributed by atoms with Crippen LogP contribution in [-0.4, -0.2) is 34.4 Å². The van der Waals surface area contributed by atoms with Crippen molar-refractivity contribution >= 4 is 17.4 Å². The summed E-state index contributed by atoms with van der Waals surface area (Å²) in [7, 11) is 0. The van der Waals surface area contributed by atoms with E-state index < -0.39 is 0 Å². The Morgan fingerprint density at radius 3 is 2.48 bits per heavy atom. The Bertz CT molecular complexity index is 1140. The monoisotopic (exact) mass is 415 g/mol. The molecule has 1 saturated heterocycles. The molecule has 0 bridgehead atoms. The van der Waals surface area contributed by atoms with Crippen molar-refractivity contribution in [1.29, 1.82) is 0 Å². The molecule has 0 saturated carbocycles. The first-order valence-electron chi connectivity index (χ1n) is 10.3. The molecule has 1 aliphatic rings. The summed E-state index contributed by atoms with van der Waals surface area (Å²) >= 11 is 0. The van der Waals surface area contributed by atoms with Gasteiger partial charge in [0.1, 0.15) is 0 Å². The highest BCUT2D eigenvalue weighted by atomic mass is 16.5. The fourth-order valence-corrected chi connectivity index (χ4v) is 3.61. The Morgan fingerprint density at radius 2 is 1.77 bits per heavy atom. The standard InChI is InChI=1S/C23H21N5O3/c29-23(19-15-21(31-27-19)20-5-4-14-30-20)24-17-8-6-16(7-9-17)18-10-11-22(26-25-18)28-12-2-1-3-13-28/h4-11,14-15H,1-3,12-13H2,(H,24,29). The van der Waals surface area contributed by atoms with Crippen LogP contribution in [0, 0.1) is 0 Å². The predicted octanol–water partition coefficient (Wildman–Crippen LogP) is 4.63. The maximum Gasteiger partial charge on any atom is 0.277 e. The highest BCUT2D eigenvalue weighted by Gasteiger charge is 2.16. The number of nitrogens with one attached hydrogen (secondary N) is 1. The number of anilines is 2. The van der Waals surface area contributed by atoms with Gasteiger partial charge in [0.25, 0.3) is 5.91 Å². The molecule has 8 heteroatoms. The van der Waals surface area contributed by atoms with E-state index in [1.54, 1.807) is 18.2 Å². The summed E-state index contributed by atoms with van der Waals surface area (Å²) in [6.07, 6.45) is 5.22. The Labute approximate surface area is 178 Å². The molecular weight excluding hydrogens is 394 g/mol. The number of furan rings is 1. The van der Waals surface area contributed by atoms with Crippen LogP contribution in [0.2, 0.25) is 0 Å². The number of aromatic nitrogens is 3. The largest absolute Gasteiger partial charge is 0.461 e. The van der Waals surface area contributed by atoms with Crippen LogP contribution in [0.25, 0.3) is 22.8 Å². The molecule has 4 heterocycles. The molecule has 1 amide bonds. The third-order valence-corrected chi connectivity index (χ3v) is 5.28. The molecule has 1 aromatic carbocycles. The van der Waals surface area contributed by atoms with Gasteiger partial charge in [-0.05, 0) is 55.7 Å². The smallest absolute Gasteiger partial charge is 0.277 e. The van der Waals surface area contributed by atoms with Gasteiger partial charge in [0.2, 0.25) is 5.76 Å². The predicted molar refractivity (Wildman–Crippen MR) is 116 cm³/mol. The number of hydrogen-bond donors (Lipinski definition) is 1. The molecule has 0 unspecified atom stereocenters. The van der Waals surface area contributed by atoms with Crippen molar-refractivity contribution in [2.24, 2.45) is 0 Å². The minimum absolute atomic E-state index is 0.176. The van der Waals surface area contributed by atoms with Crippen LogP contribution >= 0.6 is 0 Å². The van der Waals surface area contributed by atoms with Gasteiger partial charge in [-0.2, -0.15) is 0 Å². The van der Waals surface area contributed by atoms with Gasteiger partial charge in [-0.3, -0.25) is 4.79 Å². The van der Waals surface area contributed by atoms with Crippen molar-refractivity contribution in [3.8, 4) is 22.8 Å². The number of rotatable bonds is 5. The van der Waals surface area contributed by atoms with E-state index in [0.29, 0.717) is 17.2 Å². The van der Waals surface area contributed by atoms with E-state index >= 15 is 0 Å². The Kier molecular flexibility index (Phi) is 5.18. The molecule has 1 aliphatic heterocycles. The fourth-order valence-electron chi connectivity index (χ4n) is 3.61. The van der Waals surface area contributed by atoms with Gasteiger partial charge in [-0.15, -0.1) is 10.2 Å². The molecule has 4 aromatic rings. The summed E-state index contributed by atoms with van der Waals surface area (Å²) < 4.78 is 10.4. The second kappa shape index (κ2) is 8.43. The first kappa shape index (κ1) is 19.0. The summed E-state index contributed by atoms with van der Waals surface area (Å²) in [6.45, 7) is 2.08. The maximum absolute atomic E-state index is 12.4. The van der Waals surface area contributed by atoms with Gasteiger partial charge in [-0.1, -0.05) is 17.3 Å². The number of amides is 1. The van der Waals surface area contributed by atoms with Crippen molar-refractivity contribution in [2.75, 3.05) is 23.3 Å². The van der Waals surface area contributed by atoms with Crippen LogP contribution in [0.1, 0.15) is 29.8 Å². The average molecular weight is 415 g/mol. The molecule has 0 spiro atoms. The first-order chi connectivity index (χ1) is 15.3. The SMILES string of the molecule is O=C(Nc1ccc(-c2ccc(N3CCCCC3)nn2)cc1)c1cc(-c2ccco2)on1. The van der Waals surface area contributed by atoms with Crippen molar-refractivity contribution in [2.45, 2.75) is 19.3 Å². The lowest BCUT2D eigenvalue weighted by atomic mass is 10.1. The van der Waals surface area contributed by atoms with Gasteiger partial charge in [0.05, 0.1) is 12.0 Å². The van der Waals surface area contributed by atoms with E-state index in [1.807, 2.05) is 36.4 Å². The molecular formula is C23H21N5O3. The van der Waals surface area contributed by atoms with Crippen LogP contribution in [-0.2, 0) is 0 Å². The quantitative estimate of drug-likeness (QED) is 0.507. The van der Waals surface area contributed by atoms with Crippen molar-refractivity contribution < 1.29 is 13.7 Å². The minimum atomic E-state index is -0.361. The van der Waals surface area contributed by atoms with Gasteiger partial charge in [-0.25, -0.2) is 0 Å². The lowest BCUT2D eigenvalue weighted by Crippen LogP contribution is -2.30. The number of hydrogen-bond acceptors (Lipinski definition) is 7.